The van der Waals surface area contributed by atoms with Crippen LogP contribution in [0.25, 0.3) is 6.08 Å². The van der Waals surface area contributed by atoms with Gasteiger partial charge in [-0.25, -0.2) is 9.79 Å². The standard InChI is InChI=1S/C26H24N2O6S/c1-4-31-18-9-7-17(8-10-18)23-22(25(30)32-5-2)15(3)27-26-28(23)24(29)21(35-26)13-16-6-11-19-20(12-16)34-14-33-19/h6-13,23H,4-5,14H2,1-3H3. The molecule has 2 aromatic carbocycles. The summed E-state index contributed by atoms with van der Waals surface area (Å²) in [6.07, 6.45) is 1.80. The molecule has 0 saturated heterocycles. The van der Waals surface area contributed by atoms with Crippen LogP contribution in [0.4, 0.5) is 0 Å². The molecule has 180 valence electrons. The Hall–Kier alpha value is -3.85. The van der Waals surface area contributed by atoms with Crippen LogP contribution in [-0.4, -0.2) is 30.5 Å². The SMILES string of the molecule is CCOC(=O)C1=C(C)N=c2sc(=Cc3ccc4c(c3)OCO4)c(=O)n2C1c1ccc(OCC)cc1. The first-order valence-electron chi connectivity index (χ1n) is 11.3. The van der Waals surface area contributed by atoms with Gasteiger partial charge in [-0.1, -0.05) is 29.5 Å². The minimum absolute atomic E-state index is 0.180. The molecule has 35 heavy (non-hydrogen) atoms. The lowest BCUT2D eigenvalue weighted by atomic mass is 9.96. The quantitative estimate of drug-likeness (QED) is 0.492. The predicted molar refractivity (Wildman–Crippen MR) is 131 cm³/mol. The van der Waals surface area contributed by atoms with E-state index < -0.39 is 12.0 Å². The van der Waals surface area contributed by atoms with E-state index in [2.05, 4.69) is 4.99 Å². The third-order valence-corrected chi connectivity index (χ3v) is 6.70. The summed E-state index contributed by atoms with van der Waals surface area (Å²) < 4.78 is 23.8. The van der Waals surface area contributed by atoms with Crippen LogP contribution in [0.1, 0.15) is 37.9 Å². The van der Waals surface area contributed by atoms with E-state index >= 15 is 0 Å². The van der Waals surface area contributed by atoms with Crippen LogP contribution >= 0.6 is 11.3 Å². The smallest absolute Gasteiger partial charge is 0.338 e. The normalized spacial score (nSPS) is 16.7. The first-order valence-corrected chi connectivity index (χ1v) is 12.1. The number of hydrogen-bond acceptors (Lipinski definition) is 8. The summed E-state index contributed by atoms with van der Waals surface area (Å²) in [4.78, 5) is 31.8. The van der Waals surface area contributed by atoms with E-state index in [1.54, 1.807) is 24.5 Å². The molecule has 1 atom stereocenters. The number of nitrogens with zero attached hydrogens (tertiary/aromatic N) is 2. The number of allylic oxidation sites excluding steroid dienone is 1. The Labute approximate surface area is 205 Å². The molecule has 0 radical (unpaired) electrons. The van der Waals surface area contributed by atoms with Crippen LogP contribution in [0.5, 0.6) is 17.2 Å². The van der Waals surface area contributed by atoms with Gasteiger partial charge in [-0.3, -0.25) is 9.36 Å². The van der Waals surface area contributed by atoms with Gasteiger partial charge in [-0.15, -0.1) is 0 Å². The highest BCUT2D eigenvalue weighted by Gasteiger charge is 2.33. The molecular weight excluding hydrogens is 468 g/mol. The zero-order chi connectivity index (χ0) is 24.5. The monoisotopic (exact) mass is 492 g/mol. The highest BCUT2D eigenvalue weighted by Crippen LogP contribution is 2.33. The number of hydrogen-bond donors (Lipinski definition) is 0. The Kier molecular flexibility index (Phi) is 6.17. The second-order valence-electron chi connectivity index (χ2n) is 7.92. The summed E-state index contributed by atoms with van der Waals surface area (Å²) in [6.45, 7) is 6.38. The summed E-state index contributed by atoms with van der Waals surface area (Å²) >= 11 is 1.28. The van der Waals surface area contributed by atoms with Crippen molar-refractivity contribution in [3.63, 3.8) is 0 Å². The number of carbonyl (C=O) groups excluding carboxylic acids is 1. The molecule has 2 aliphatic heterocycles. The fourth-order valence-electron chi connectivity index (χ4n) is 4.17. The molecular formula is C26H24N2O6S. The van der Waals surface area contributed by atoms with Gasteiger partial charge in [0, 0.05) is 0 Å². The molecule has 0 spiro atoms. The van der Waals surface area contributed by atoms with Crippen molar-refractivity contribution < 1.29 is 23.7 Å². The van der Waals surface area contributed by atoms with Crippen molar-refractivity contribution in [2.75, 3.05) is 20.0 Å². The fraction of sp³-hybridized carbons (Fsp3) is 0.269. The third kappa shape index (κ3) is 4.23. The summed E-state index contributed by atoms with van der Waals surface area (Å²) in [6, 6.07) is 12.2. The van der Waals surface area contributed by atoms with Gasteiger partial charge in [-0.2, -0.15) is 0 Å². The van der Waals surface area contributed by atoms with E-state index in [-0.39, 0.29) is 19.0 Å². The fourth-order valence-corrected chi connectivity index (χ4v) is 5.22. The average molecular weight is 493 g/mol. The number of rotatable bonds is 6. The summed E-state index contributed by atoms with van der Waals surface area (Å²) in [5.74, 6) is 1.54. The second-order valence-corrected chi connectivity index (χ2v) is 8.93. The van der Waals surface area contributed by atoms with Gasteiger partial charge in [-0.05, 0) is 62.2 Å². The highest BCUT2D eigenvalue weighted by atomic mass is 32.1. The van der Waals surface area contributed by atoms with Crippen molar-refractivity contribution >= 4 is 23.4 Å². The van der Waals surface area contributed by atoms with Gasteiger partial charge in [0.15, 0.2) is 16.3 Å². The number of benzene rings is 2. The van der Waals surface area contributed by atoms with Crippen molar-refractivity contribution in [3.05, 3.63) is 84.5 Å². The van der Waals surface area contributed by atoms with Gasteiger partial charge in [0.25, 0.3) is 5.56 Å². The molecule has 0 N–H and O–H groups in total. The first kappa shape index (κ1) is 22.9. The van der Waals surface area contributed by atoms with Gasteiger partial charge < -0.3 is 18.9 Å². The molecule has 0 amide bonds. The van der Waals surface area contributed by atoms with E-state index in [0.29, 0.717) is 44.5 Å². The Bertz CT molecular complexity index is 1500. The highest BCUT2D eigenvalue weighted by molar-refractivity contribution is 7.07. The van der Waals surface area contributed by atoms with Gasteiger partial charge >= 0.3 is 5.97 Å². The topological polar surface area (TPSA) is 88.4 Å². The van der Waals surface area contributed by atoms with E-state index in [9.17, 15) is 9.59 Å². The lowest BCUT2D eigenvalue weighted by molar-refractivity contribution is -0.139. The van der Waals surface area contributed by atoms with Crippen LogP contribution < -0.4 is 29.1 Å². The van der Waals surface area contributed by atoms with Crippen LogP contribution in [0.2, 0.25) is 0 Å². The van der Waals surface area contributed by atoms with Crippen LogP contribution in [-0.2, 0) is 9.53 Å². The number of aromatic nitrogens is 1. The molecule has 9 heteroatoms. The molecule has 3 aromatic rings. The number of thiazole rings is 1. The maximum Gasteiger partial charge on any atom is 0.338 e. The van der Waals surface area contributed by atoms with Crippen LogP contribution in [0, 0.1) is 0 Å². The van der Waals surface area contributed by atoms with E-state index in [1.807, 2.05) is 49.4 Å². The van der Waals surface area contributed by atoms with Gasteiger partial charge in [0.2, 0.25) is 6.79 Å². The molecule has 5 rings (SSSR count). The Morgan fingerprint density at radius 3 is 2.66 bits per heavy atom. The van der Waals surface area contributed by atoms with Crippen LogP contribution in [0.3, 0.4) is 0 Å². The Morgan fingerprint density at radius 1 is 1.14 bits per heavy atom. The maximum absolute atomic E-state index is 13.7. The Balaban J connectivity index is 1.66. The van der Waals surface area contributed by atoms with Gasteiger partial charge in [0.1, 0.15) is 5.75 Å². The number of ether oxygens (including phenoxy) is 4. The number of fused-ring (bicyclic) bond motifs is 2. The van der Waals surface area contributed by atoms with Crippen molar-refractivity contribution in [1.82, 2.24) is 4.57 Å². The average Bonchev–Trinajstić information content (AvgIpc) is 3.43. The predicted octanol–water partition coefficient (Wildman–Crippen LogP) is 2.93. The summed E-state index contributed by atoms with van der Waals surface area (Å²) in [5, 5.41) is 0. The van der Waals surface area contributed by atoms with E-state index in [1.165, 1.54) is 11.3 Å². The maximum atomic E-state index is 13.7. The molecule has 1 unspecified atom stereocenters. The summed E-state index contributed by atoms with van der Waals surface area (Å²) in [5.41, 5.74) is 2.20. The lowest BCUT2D eigenvalue weighted by Gasteiger charge is -2.24. The molecule has 2 aliphatic rings. The lowest BCUT2D eigenvalue weighted by Crippen LogP contribution is -2.39. The second kappa shape index (κ2) is 9.42. The third-order valence-electron chi connectivity index (χ3n) is 5.72. The molecule has 8 nitrogen and oxygen atoms in total. The molecule has 0 saturated carbocycles. The molecule has 0 fully saturated rings. The van der Waals surface area contributed by atoms with Crippen molar-refractivity contribution in [1.29, 1.82) is 0 Å². The molecule has 0 bridgehead atoms. The number of carbonyl (C=O) groups is 1. The molecule has 0 aliphatic carbocycles. The van der Waals surface area contributed by atoms with Crippen molar-refractivity contribution in [3.8, 4) is 17.2 Å². The minimum atomic E-state index is -0.667. The van der Waals surface area contributed by atoms with E-state index in [0.717, 1.165) is 11.1 Å². The number of esters is 1. The minimum Gasteiger partial charge on any atom is -0.494 e. The van der Waals surface area contributed by atoms with Crippen LogP contribution in [0.15, 0.2) is 63.5 Å². The van der Waals surface area contributed by atoms with Crippen molar-refractivity contribution in [2.45, 2.75) is 26.8 Å². The van der Waals surface area contributed by atoms with E-state index in [4.69, 9.17) is 18.9 Å². The zero-order valence-corrected chi connectivity index (χ0v) is 20.4. The summed E-state index contributed by atoms with van der Waals surface area (Å²) in [7, 11) is 0. The Morgan fingerprint density at radius 2 is 1.91 bits per heavy atom. The molecule has 1 aromatic heterocycles. The largest absolute Gasteiger partial charge is 0.494 e. The van der Waals surface area contributed by atoms with Gasteiger partial charge in [0.05, 0.1) is 35.1 Å². The molecule has 3 heterocycles. The first-order chi connectivity index (χ1) is 17.0. The zero-order valence-electron chi connectivity index (χ0n) is 19.6. The van der Waals surface area contributed by atoms with Crippen molar-refractivity contribution in [2.24, 2.45) is 4.99 Å².